The van der Waals surface area contributed by atoms with Gasteiger partial charge in [0, 0.05) is 30.9 Å². The standard InChI is InChI=1S/C21H29N5O3/c1-4-28-17-7-6-15(12-18(17)29-5-2)21(27)26-11-9-16(13-26)25(3)14-20-23-10-8-19(22)24-20/h6-8,10,12,16H,4-5,9,11,13-14H2,1-3H3,(H2,22,23,24)/t16-/m0/s1. The first-order valence-electron chi connectivity index (χ1n) is 9.98. The van der Waals surface area contributed by atoms with Crippen LogP contribution in [-0.4, -0.2) is 65.1 Å². The topological polar surface area (TPSA) is 93.8 Å². The number of nitrogen functional groups attached to an aromatic ring is 1. The number of likely N-dealkylation sites (tertiary alicyclic amines) is 1. The highest BCUT2D eigenvalue weighted by Crippen LogP contribution is 2.29. The number of nitrogens with two attached hydrogens (primary N) is 1. The van der Waals surface area contributed by atoms with Crippen LogP contribution in [0.2, 0.25) is 0 Å². The highest BCUT2D eigenvalue weighted by atomic mass is 16.5. The fraction of sp³-hybridized carbons (Fsp3) is 0.476. The van der Waals surface area contributed by atoms with E-state index in [-0.39, 0.29) is 11.9 Å². The Balaban J connectivity index is 1.64. The third kappa shape index (κ3) is 5.14. The third-order valence-electron chi connectivity index (χ3n) is 4.98. The Labute approximate surface area is 171 Å². The minimum Gasteiger partial charge on any atom is -0.490 e. The molecule has 0 spiro atoms. The molecule has 1 aromatic carbocycles. The van der Waals surface area contributed by atoms with Gasteiger partial charge in [-0.25, -0.2) is 9.97 Å². The van der Waals surface area contributed by atoms with Crippen molar-refractivity contribution in [2.75, 3.05) is 39.1 Å². The maximum Gasteiger partial charge on any atom is 0.254 e. The molecule has 2 aromatic rings. The van der Waals surface area contributed by atoms with Gasteiger partial charge in [-0.3, -0.25) is 9.69 Å². The highest BCUT2D eigenvalue weighted by Gasteiger charge is 2.30. The third-order valence-corrected chi connectivity index (χ3v) is 4.98. The molecule has 2 heterocycles. The van der Waals surface area contributed by atoms with Gasteiger partial charge in [0.2, 0.25) is 0 Å². The molecular formula is C21H29N5O3. The van der Waals surface area contributed by atoms with Gasteiger partial charge in [-0.15, -0.1) is 0 Å². The fourth-order valence-electron chi connectivity index (χ4n) is 3.50. The zero-order valence-corrected chi connectivity index (χ0v) is 17.3. The second-order valence-electron chi connectivity index (χ2n) is 7.03. The van der Waals surface area contributed by atoms with Crippen LogP contribution in [-0.2, 0) is 6.54 Å². The largest absolute Gasteiger partial charge is 0.490 e. The molecule has 1 aromatic heterocycles. The van der Waals surface area contributed by atoms with Crippen molar-refractivity contribution in [3.8, 4) is 11.5 Å². The Bertz CT molecular complexity index is 845. The van der Waals surface area contributed by atoms with Gasteiger partial charge >= 0.3 is 0 Å². The summed E-state index contributed by atoms with van der Waals surface area (Å²) < 4.78 is 11.2. The first-order chi connectivity index (χ1) is 14.0. The molecule has 8 nitrogen and oxygen atoms in total. The van der Waals surface area contributed by atoms with Crippen LogP contribution >= 0.6 is 0 Å². The van der Waals surface area contributed by atoms with E-state index in [0.717, 1.165) is 6.42 Å². The van der Waals surface area contributed by atoms with E-state index >= 15 is 0 Å². The van der Waals surface area contributed by atoms with Gasteiger partial charge in [0.25, 0.3) is 5.91 Å². The summed E-state index contributed by atoms with van der Waals surface area (Å²) in [4.78, 5) is 25.6. The van der Waals surface area contributed by atoms with Gasteiger partial charge in [-0.1, -0.05) is 0 Å². The lowest BCUT2D eigenvalue weighted by Gasteiger charge is -2.24. The lowest BCUT2D eigenvalue weighted by Crippen LogP contribution is -2.36. The second kappa shape index (κ2) is 9.56. The number of nitrogens with zero attached hydrogens (tertiary/aromatic N) is 4. The molecule has 0 unspecified atom stereocenters. The predicted octanol–water partition coefficient (Wildman–Crippen LogP) is 2.20. The van der Waals surface area contributed by atoms with Crippen molar-refractivity contribution in [3.05, 3.63) is 41.9 Å². The minimum absolute atomic E-state index is 0.00473. The van der Waals surface area contributed by atoms with Crippen LogP contribution in [0.4, 0.5) is 5.82 Å². The molecule has 1 aliphatic heterocycles. The molecule has 29 heavy (non-hydrogen) atoms. The van der Waals surface area contributed by atoms with Crippen LogP contribution in [0.5, 0.6) is 11.5 Å². The summed E-state index contributed by atoms with van der Waals surface area (Å²) in [6.07, 6.45) is 2.57. The number of anilines is 1. The quantitative estimate of drug-likeness (QED) is 0.727. The van der Waals surface area contributed by atoms with E-state index in [2.05, 4.69) is 14.9 Å². The Morgan fingerprint density at radius 3 is 2.72 bits per heavy atom. The molecule has 156 valence electrons. The van der Waals surface area contributed by atoms with E-state index in [1.54, 1.807) is 30.5 Å². The summed E-state index contributed by atoms with van der Waals surface area (Å²) >= 11 is 0. The van der Waals surface area contributed by atoms with E-state index in [0.29, 0.717) is 61.6 Å². The van der Waals surface area contributed by atoms with E-state index in [4.69, 9.17) is 15.2 Å². The Hall–Kier alpha value is -2.87. The predicted molar refractivity (Wildman–Crippen MR) is 111 cm³/mol. The zero-order chi connectivity index (χ0) is 20.8. The van der Waals surface area contributed by atoms with Crippen molar-refractivity contribution >= 4 is 11.7 Å². The van der Waals surface area contributed by atoms with E-state index in [1.807, 2.05) is 25.8 Å². The summed E-state index contributed by atoms with van der Waals surface area (Å²) in [5.74, 6) is 2.42. The zero-order valence-electron chi connectivity index (χ0n) is 17.3. The molecule has 8 heteroatoms. The molecule has 2 N–H and O–H groups in total. The van der Waals surface area contributed by atoms with Crippen LogP contribution in [0.15, 0.2) is 30.5 Å². The van der Waals surface area contributed by atoms with Gasteiger partial charge < -0.3 is 20.1 Å². The lowest BCUT2D eigenvalue weighted by atomic mass is 10.1. The average Bonchev–Trinajstić information content (AvgIpc) is 3.19. The number of carbonyl (C=O) groups is 1. The number of benzene rings is 1. The fourth-order valence-corrected chi connectivity index (χ4v) is 3.50. The maximum atomic E-state index is 13.0. The molecule has 1 aliphatic rings. The number of hydrogen-bond donors (Lipinski definition) is 1. The van der Waals surface area contributed by atoms with Gasteiger partial charge in [0.05, 0.1) is 19.8 Å². The minimum atomic E-state index is 0.00473. The van der Waals surface area contributed by atoms with Crippen LogP contribution < -0.4 is 15.2 Å². The second-order valence-corrected chi connectivity index (χ2v) is 7.03. The highest BCUT2D eigenvalue weighted by molar-refractivity contribution is 5.95. The molecule has 1 saturated heterocycles. The van der Waals surface area contributed by atoms with Crippen molar-refractivity contribution in [2.24, 2.45) is 0 Å². The van der Waals surface area contributed by atoms with Crippen LogP contribution in [0, 0.1) is 0 Å². The molecule has 3 rings (SSSR count). The van der Waals surface area contributed by atoms with E-state index < -0.39 is 0 Å². The van der Waals surface area contributed by atoms with Crippen molar-refractivity contribution < 1.29 is 14.3 Å². The molecule has 1 amide bonds. The summed E-state index contributed by atoms with van der Waals surface area (Å²) in [5, 5.41) is 0. The SMILES string of the molecule is CCOc1ccc(C(=O)N2CC[C@H](N(C)Cc3nccc(N)n3)C2)cc1OCC. The summed E-state index contributed by atoms with van der Waals surface area (Å²) in [7, 11) is 2.02. The molecule has 1 atom stereocenters. The average molecular weight is 399 g/mol. The summed E-state index contributed by atoms with van der Waals surface area (Å²) in [5.41, 5.74) is 6.35. The molecule has 0 aliphatic carbocycles. The molecule has 0 saturated carbocycles. The first-order valence-corrected chi connectivity index (χ1v) is 9.98. The monoisotopic (exact) mass is 399 g/mol. The molecule has 0 bridgehead atoms. The first kappa shape index (κ1) is 20.9. The molecular weight excluding hydrogens is 370 g/mol. The normalized spacial score (nSPS) is 16.3. The smallest absolute Gasteiger partial charge is 0.254 e. The van der Waals surface area contributed by atoms with Crippen molar-refractivity contribution in [1.29, 1.82) is 0 Å². The van der Waals surface area contributed by atoms with Crippen molar-refractivity contribution in [2.45, 2.75) is 32.9 Å². The van der Waals surface area contributed by atoms with Crippen molar-refractivity contribution in [3.63, 3.8) is 0 Å². The van der Waals surface area contributed by atoms with Crippen LogP contribution in [0.3, 0.4) is 0 Å². The van der Waals surface area contributed by atoms with E-state index in [9.17, 15) is 4.79 Å². The maximum absolute atomic E-state index is 13.0. The number of amides is 1. The van der Waals surface area contributed by atoms with Crippen LogP contribution in [0.25, 0.3) is 0 Å². The Morgan fingerprint density at radius 1 is 1.24 bits per heavy atom. The van der Waals surface area contributed by atoms with Gasteiger partial charge in [-0.2, -0.15) is 0 Å². The summed E-state index contributed by atoms with van der Waals surface area (Å²) in [6.45, 7) is 6.86. The Kier molecular flexibility index (Phi) is 6.87. The van der Waals surface area contributed by atoms with Crippen molar-refractivity contribution in [1.82, 2.24) is 19.8 Å². The van der Waals surface area contributed by atoms with Gasteiger partial charge in [-0.05, 0) is 51.6 Å². The van der Waals surface area contributed by atoms with Crippen LogP contribution in [0.1, 0.15) is 36.5 Å². The summed E-state index contributed by atoms with van der Waals surface area (Å²) in [6, 6.07) is 7.30. The number of hydrogen-bond acceptors (Lipinski definition) is 7. The Morgan fingerprint density at radius 2 is 2.00 bits per heavy atom. The number of rotatable bonds is 8. The molecule has 0 radical (unpaired) electrons. The number of likely N-dealkylation sites (N-methyl/N-ethyl adjacent to an activating group) is 1. The van der Waals surface area contributed by atoms with Gasteiger partial charge in [0.1, 0.15) is 11.6 Å². The van der Waals surface area contributed by atoms with E-state index in [1.165, 1.54) is 0 Å². The number of carbonyl (C=O) groups excluding carboxylic acids is 1. The number of ether oxygens (including phenoxy) is 2. The molecule has 1 fully saturated rings. The number of aromatic nitrogens is 2. The lowest BCUT2D eigenvalue weighted by molar-refractivity contribution is 0.0778. The van der Waals surface area contributed by atoms with Gasteiger partial charge in [0.15, 0.2) is 11.5 Å².